The lowest BCUT2D eigenvalue weighted by Crippen LogP contribution is -2.47. The molecule has 2 aromatic rings. The molecule has 1 aromatic heterocycles. The van der Waals surface area contributed by atoms with E-state index in [4.69, 9.17) is 0 Å². The maximum atomic E-state index is 12.7. The van der Waals surface area contributed by atoms with Crippen LogP contribution in [0.25, 0.3) is 0 Å². The van der Waals surface area contributed by atoms with E-state index in [1.54, 1.807) is 0 Å². The number of guanidine groups is 1. The van der Waals surface area contributed by atoms with Crippen molar-refractivity contribution < 1.29 is 13.2 Å². The molecule has 0 radical (unpaired) electrons. The van der Waals surface area contributed by atoms with Gasteiger partial charge >= 0.3 is 0 Å². The summed E-state index contributed by atoms with van der Waals surface area (Å²) in [6.45, 7) is 1.24. The predicted octanol–water partition coefficient (Wildman–Crippen LogP) is 0.946. The molecule has 0 bridgehead atoms. The van der Waals surface area contributed by atoms with Gasteiger partial charge in [0.05, 0.1) is 35.9 Å². The number of nitrogens with zero attached hydrogens (tertiary/aromatic N) is 4. The van der Waals surface area contributed by atoms with Gasteiger partial charge in [-0.3, -0.25) is 29.7 Å². The molecule has 2 aliphatic rings. The number of hydrogen-bond donors (Lipinski definition) is 2. The Bertz CT molecular complexity index is 1090. The summed E-state index contributed by atoms with van der Waals surface area (Å²) in [7, 11) is -3.46. The first-order valence-corrected chi connectivity index (χ1v) is 10.0. The molecule has 3 heterocycles. The van der Waals surface area contributed by atoms with Gasteiger partial charge in [0.1, 0.15) is 5.84 Å². The second-order valence-corrected chi connectivity index (χ2v) is 7.85. The second kappa shape index (κ2) is 6.47. The summed E-state index contributed by atoms with van der Waals surface area (Å²) in [6.07, 6.45) is 3.72. The van der Waals surface area contributed by atoms with Crippen LogP contribution in [0.5, 0.6) is 0 Å². The van der Waals surface area contributed by atoms with Crippen LogP contribution in [0.2, 0.25) is 0 Å². The Kier molecular flexibility index (Phi) is 4.11. The van der Waals surface area contributed by atoms with Crippen molar-refractivity contribution >= 4 is 39.1 Å². The summed E-state index contributed by atoms with van der Waals surface area (Å²) in [5, 5.41) is 2.78. The van der Waals surface area contributed by atoms with Crippen molar-refractivity contribution in [2.75, 3.05) is 24.1 Å². The number of aliphatic imine (C=N–C) groups is 2. The molecule has 9 nitrogen and oxygen atoms in total. The van der Waals surface area contributed by atoms with E-state index in [0.717, 1.165) is 23.3 Å². The van der Waals surface area contributed by atoms with E-state index in [1.165, 1.54) is 18.5 Å². The number of hydrogen-bond acceptors (Lipinski definition) is 7. The predicted molar refractivity (Wildman–Crippen MR) is 102 cm³/mol. The molecule has 10 heteroatoms. The Hall–Kier alpha value is -3.27. The van der Waals surface area contributed by atoms with Gasteiger partial charge in [0, 0.05) is 18.3 Å². The van der Waals surface area contributed by atoms with E-state index in [1.807, 2.05) is 29.2 Å². The SMILES string of the molecule is CS(=O)(=O)Nc1cncc(C(=O)NC2=Nc3ccccc3C3=NCCN23)c1. The van der Waals surface area contributed by atoms with Gasteiger partial charge in [0.25, 0.3) is 5.91 Å². The van der Waals surface area contributed by atoms with Gasteiger partial charge < -0.3 is 0 Å². The van der Waals surface area contributed by atoms with Crippen molar-refractivity contribution in [3.05, 3.63) is 53.9 Å². The Morgan fingerprint density at radius 3 is 2.85 bits per heavy atom. The highest BCUT2D eigenvalue weighted by Crippen LogP contribution is 2.27. The van der Waals surface area contributed by atoms with Crippen molar-refractivity contribution in [2.24, 2.45) is 9.98 Å². The Morgan fingerprint density at radius 2 is 2.04 bits per heavy atom. The van der Waals surface area contributed by atoms with E-state index in [0.29, 0.717) is 19.0 Å². The zero-order valence-corrected chi connectivity index (χ0v) is 15.2. The lowest BCUT2D eigenvalue weighted by atomic mass is 10.1. The van der Waals surface area contributed by atoms with Crippen LogP contribution in [-0.2, 0) is 10.0 Å². The number of aromatic nitrogens is 1. The molecule has 0 spiro atoms. The van der Waals surface area contributed by atoms with Gasteiger partial charge in [0.15, 0.2) is 0 Å². The number of pyridine rings is 1. The average molecular weight is 384 g/mol. The zero-order chi connectivity index (χ0) is 19.0. The molecule has 27 heavy (non-hydrogen) atoms. The fourth-order valence-corrected chi connectivity index (χ4v) is 3.46. The molecule has 0 saturated heterocycles. The standard InChI is InChI=1S/C17H16N6O3S/c1-27(25,26)22-12-8-11(9-18-10-12)16(24)21-17-20-14-5-3-2-4-13(14)15-19-6-7-23(15)17/h2-5,8-10,22H,6-7H2,1H3,(H,20,21,24). The lowest BCUT2D eigenvalue weighted by molar-refractivity contribution is 0.0973. The largest absolute Gasteiger partial charge is 0.294 e. The summed E-state index contributed by atoms with van der Waals surface area (Å²) in [6, 6.07) is 9.01. The van der Waals surface area contributed by atoms with Crippen LogP contribution in [0.1, 0.15) is 15.9 Å². The van der Waals surface area contributed by atoms with Gasteiger partial charge in [-0.1, -0.05) is 12.1 Å². The monoisotopic (exact) mass is 384 g/mol. The van der Waals surface area contributed by atoms with Gasteiger partial charge in [-0.2, -0.15) is 0 Å². The highest BCUT2D eigenvalue weighted by atomic mass is 32.2. The van der Waals surface area contributed by atoms with Crippen LogP contribution in [-0.4, -0.2) is 55.3 Å². The summed E-state index contributed by atoms with van der Waals surface area (Å²) >= 11 is 0. The summed E-state index contributed by atoms with van der Waals surface area (Å²) in [5.41, 5.74) is 2.08. The number of benzene rings is 1. The number of rotatable bonds is 3. The summed E-state index contributed by atoms with van der Waals surface area (Å²) < 4.78 is 25.0. The van der Waals surface area contributed by atoms with Crippen molar-refractivity contribution in [1.82, 2.24) is 15.2 Å². The number of amides is 1. The Morgan fingerprint density at radius 1 is 1.22 bits per heavy atom. The molecule has 2 aliphatic heterocycles. The number of anilines is 1. The van der Waals surface area contributed by atoms with Crippen LogP contribution in [0, 0.1) is 0 Å². The van der Waals surface area contributed by atoms with Crippen LogP contribution in [0.4, 0.5) is 11.4 Å². The molecule has 0 fully saturated rings. The molecule has 0 unspecified atom stereocenters. The Balaban J connectivity index is 1.61. The second-order valence-electron chi connectivity index (χ2n) is 6.10. The third-order valence-corrected chi connectivity index (χ3v) is 4.60. The first kappa shape index (κ1) is 17.2. The van der Waals surface area contributed by atoms with Crippen LogP contribution in [0.3, 0.4) is 0 Å². The van der Waals surface area contributed by atoms with Crippen molar-refractivity contribution in [3.63, 3.8) is 0 Å². The fraction of sp³-hybridized carbons (Fsp3) is 0.176. The number of sulfonamides is 1. The first-order valence-electron chi connectivity index (χ1n) is 8.15. The molecular formula is C17H16N6O3S. The zero-order valence-electron chi connectivity index (χ0n) is 14.4. The van der Waals surface area contributed by atoms with Gasteiger partial charge in [-0.05, 0) is 18.2 Å². The topological polar surface area (TPSA) is 116 Å². The first-order chi connectivity index (χ1) is 12.9. The molecule has 0 saturated carbocycles. The minimum absolute atomic E-state index is 0.211. The number of carbonyl (C=O) groups excluding carboxylic acids is 1. The maximum absolute atomic E-state index is 12.7. The minimum atomic E-state index is -3.46. The fourth-order valence-electron chi connectivity index (χ4n) is 2.92. The van der Waals surface area contributed by atoms with E-state index in [-0.39, 0.29) is 11.3 Å². The molecule has 138 valence electrons. The Labute approximate surface area is 155 Å². The molecule has 4 rings (SSSR count). The van der Waals surface area contributed by atoms with Crippen molar-refractivity contribution in [1.29, 1.82) is 0 Å². The number of fused-ring (bicyclic) bond motifs is 3. The molecule has 2 N–H and O–H groups in total. The molecule has 0 atom stereocenters. The molecule has 1 amide bonds. The van der Waals surface area contributed by atoms with Crippen molar-refractivity contribution in [2.45, 2.75) is 0 Å². The normalized spacial score (nSPS) is 15.4. The van der Waals surface area contributed by atoms with Gasteiger partial charge in [-0.25, -0.2) is 13.4 Å². The van der Waals surface area contributed by atoms with E-state index in [2.05, 4.69) is 25.0 Å². The third kappa shape index (κ3) is 3.51. The van der Waals surface area contributed by atoms with E-state index >= 15 is 0 Å². The lowest BCUT2D eigenvalue weighted by Gasteiger charge is -2.27. The molecular weight excluding hydrogens is 368 g/mol. The number of amidine groups is 1. The van der Waals surface area contributed by atoms with Crippen LogP contribution < -0.4 is 10.0 Å². The van der Waals surface area contributed by atoms with Crippen molar-refractivity contribution in [3.8, 4) is 0 Å². The quantitative estimate of drug-likeness (QED) is 0.817. The summed E-state index contributed by atoms with van der Waals surface area (Å²) in [4.78, 5) is 27.5. The highest BCUT2D eigenvalue weighted by Gasteiger charge is 2.30. The van der Waals surface area contributed by atoms with Gasteiger partial charge in [-0.15, -0.1) is 0 Å². The average Bonchev–Trinajstić information content (AvgIpc) is 3.11. The summed E-state index contributed by atoms with van der Waals surface area (Å²) in [5.74, 6) is 0.724. The van der Waals surface area contributed by atoms with Crippen LogP contribution >= 0.6 is 0 Å². The smallest absolute Gasteiger partial charge is 0.259 e. The van der Waals surface area contributed by atoms with Crippen LogP contribution in [0.15, 0.2) is 52.7 Å². The van der Waals surface area contributed by atoms with E-state index in [9.17, 15) is 13.2 Å². The number of para-hydroxylation sites is 1. The van der Waals surface area contributed by atoms with E-state index < -0.39 is 15.9 Å². The highest BCUT2D eigenvalue weighted by molar-refractivity contribution is 7.92. The van der Waals surface area contributed by atoms with Gasteiger partial charge in [0.2, 0.25) is 16.0 Å². The molecule has 1 aromatic carbocycles. The maximum Gasteiger partial charge on any atom is 0.259 e. The number of carbonyl (C=O) groups is 1. The number of nitrogens with one attached hydrogen (secondary N) is 2. The minimum Gasteiger partial charge on any atom is -0.294 e. The molecule has 0 aliphatic carbocycles. The third-order valence-electron chi connectivity index (χ3n) is 4.00.